The van der Waals surface area contributed by atoms with Crippen molar-refractivity contribution in [2.24, 2.45) is 12.5 Å². The van der Waals surface area contributed by atoms with E-state index in [0.29, 0.717) is 18.6 Å². The van der Waals surface area contributed by atoms with Crippen LogP contribution in [0.3, 0.4) is 0 Å². The highest BCUT2D eigenvalue weighted by molar-refractivity contribution is 7.08. The van der Waals surface area contributed by atoms with Crippen molar-refractivity contribution in [3.63, 3.8) is 0 Å². The van der Waals surface area contributed by atoms with Gasteiger partial charge in [0.2, 0.25) is 5.91 Å². The van der Waals surface area contributed by atoms with Gasteiger partial charge < -0.3 is 9.80 Å². The number of amides is 1. The van der Waals surface area contributed by atoms with Crippen LogP contribution in [0.5, 0.6) is 0 Å². The fourth-order valence-corrected chi connectivity index (χ4v) is 5.47. The summed E-state index contributed by atoms with van der Waals surface area (Å²) in [4.78, 5) is 34.6. The zero-order valence-corrected chi connectivity index (χ0v) is 22.2. The topological polar surface area (TPSA) is 63.4 Å². The van der Waals surface area contributed by atoms with Crippen molar-refractivity contribution in [2.75, 3.05) is 31.1 Å². The Hall–Kier alpha value is -3.39. The number of carbonyl (C=O) groups is 1. The lowest BCUT2D eigenvalue weighted by Crippen LogP contribution is -2.49. The van der Waals surface area contributed by atoms with E-state index >= 15 is 0 Å². The Bertz CT molecular complexity index is 1420. The summed E-state index contributed by atoms with van der Waals surface area (Å²) in [6.45, 7) is 10.2. The predicted octanol–water partition coefficient (Wildman–Crippen LogP) is 4.40. The number of thiophene rings is 1. The van der Waals surface area contributed by atoms with Crippen LogP contribution in [0.1, 0.15) is 26.3 Å². The summed E-state index contributed by atoms with van der Waals surface area (Å²) in [5.41, 5.74) is 5.64. The van der Waals surface area contributed by atoms with Crippen molar-refractivity contribution in [3.8, 4) is 11.3 Å². The van der Waals surface area contributed by atoms with Crippen molar-refractivity contribution in [1.29, 1.82) is 0 Å². The molecule has 3 aromatic heterocycles. The molecule has 7 nitrogen and oxygen atoms in total. The number of piperazine rings is 1. The third kappa shape index (κ3) is 4.95. The number of aromatic nitrogens is 3. The number of carbonyl (C=O) groups excluding carboxylic acids is 1. The standard InChI is InChI=1S/C28H33N5O2S/c1-28(2,3)19-33-24-10-9-23(29-26(24)30(4)27(33)35)21-5-7-22(8-6-21)31-12-14-32(15-13-31)25(34)17-20-11-16-36-18-20/h5-11,16,18H,12-15,17,19H2,1-4H3. The van der Waals surface area contributed by atoms with Gasteiger partial charge in [-0.2, -0.15) is 11.3 Å². The summed E-state index contributed by atoms with van der Waals surface area (Å²) in [6.07, 6.45) is 0.487. The van der Waals surface area contributed by atoms with Gasteiger partial charge in [-0.3, -0.25) is 13.9 Å². The van der Waals surface area contributed by atoms with E-state index in [-0.39, 0.29) is 17.0 Å². The molecule has 0 N–H and O–H groups in total. The van der Waals surface area contributed by atoms with Crippen LogP contribution in [0.15, 0.2) is 58.0 Å². The average Bonchev–Trinajstić information content (AvgIpc) is 3.46. The molecule has 0 saturated carbocycles. The fraction of sp³-hybridized carbons (Fsp3) is 0.393. The van der Waals surface area contributed by atoms with Gasteiger partial charge in [0, 0.05) is 51.0 Å². The highest BCUT2D eigenvalue weighted by atomic mass is 32.1. The van der Waals surface area contributed by atoms with Gasteiger partial charge in [-0.1, -0.05) is 32.9 Å². The van der Waals surface area contributed by atoms with Crippen LogP contribution < -0.4 is 10.6 Å². The van der Waals surface area contributed by atoms with Gasteiger partial charge in [-0.05, 0) is 52.1 Å². The number of nitrogens with zero attached hydrogens (tertiary/aromatic N) is 5. The highest BCUT2D eigenvalue weighted by Gasteiger charge is 2.22. The molecule has 1 aliphatic heterocycles. The van der Waals surface area contributed by atoms with Crippen molar-refractivity contribution >= 4 is 34.1 Å². The second kappa shape index (κ2) is 9.58. The summed E-state index contributed by atoms with van der Waals surface area (Å²) < 4.78 is 3.46. The minimum atomic E-state index is -0.0344. The molecule has 5 rings (SSSR count). The number of aryl methyl sites for hydroxylation is 1. The number of hydrogen-bond donors (Lipinski definition) is 0. The van der Waals surface area contributed by atoms with Crippen molar-refractivity contribution < 1.29 is 4.79 Å². The molecule has 1 aliphatic rings. The Morgan fingerprint density at radius 1 is 1.00 bits per heavy atom. The van der Waals surface area contributed by atoms with Crippen LogP contribution in [-0.4, -0.2) is 51.1 Å². The maximum atomic E-state index is 12.8. The molecule has 0 atom stereocenters. The quantitative estimate of drug-likeness (QED) is 0.405. The van der Waals surface area contributed by atoms with Crippen molar-refractivity contribution in [3.05, 3.63) is 69.3 Å². The van der Waals surface area contributed by atoms with Crippen LogP contribution in [0.25, 0.3) is 22.4 Å². The summed E-state index contributed by atoms with van der Waals surface area (Å²) in [6, 6.07) is 14.4. The first-order valence-corrected chi connectivity index (χ1v) is 13.3. The molecule has 0 bridgehead atoms. The highest BCUT2D eigenvalue weighted by Crippen LogP contribution is 2.26. The molecule has 4 aromatic rings. The van der Waals surface area contributed by atoms with Crippen LogP contribution in [-0.2, 0) is 24.8 Å². The molecule has 0 radical (unpaired) electrons. The lowest BCUT2D eigenvalue weighted by Gasteiger charge is -2.36. The van der Waals surface area contributed by atoms with Crippen LogP contribution in [0.2, 0.25) is 0 Å². The summed E-state index contributed by atoms with van der Waals surface area (Å²) in [7, 11) is 1.79. The van der Waals surface area contributed by atoms with Gasteiger partial charge in [0.25, 0.3) is 0 Å². The number of benzene rings is 1. The first kappa shape index (κ1) is 24.3. The summed E-state index contributed by atoms with van der Waals surface area (Å²) in [5.74, 6) is 0.204. The number of fused-ring (bicyclic) bond motifs is 1. The monoisotopic (exact) mass is 503 g/mol. The first-order chi connectivity index (χ1) is 17.2. The van der Waals surface area contributed by atoms with Crippen LogP contribution >= 0.6 is 11.3 Å². The first-order valence-electron chi connectivity index (χ1n) is 12.4. The minimum Gasteiger partial charge on any atom is -0.368 e. The van der Waals surface area contributed by atoms with E-state index in [2.05, 4.69) is 49.9 Å². The number of pyridine rings is 1. The number of imidazole rings is 1. The fourth-order valence-electron chi connectivity index (χ4n) is 4.80. The molecule has 1 saturated heterocycles. The third-order valence-electron chi connectivity index (χ3n) is 6.71. The molecule has 0 spiro atoms. The molecule has 1 aromatic carbocycles. The molecule has 4 heterocycles. The summed E-state index contributed by atoms with van der Waals surface area (Å²) >= 11 is 1.63. The normalized spacial score (nSPS) is 14.6. The molecule has 36 heavy (non-hydrogen) atoms. The average molecular weight is 504 g/mol. The Balaban J connectivity index is 1.28. The third-order valence-corrected chi connectivity index (χ3v) is 7.44. The second-order valence-corrected chi connectivity index (χ2v) is 11.5. The van der Waals surface area contributed by atoms with Gasteiger partial charge in [0.05, 0.1) is 17.6 Å². The number of hydrogen-bond acceptors (Lipinski definition) is 5. The van der Waals surface area contributed by atoms with E-state index in [0.717, 1.165) is 54.2 Å². The van der Waals surface area contributed by atoms with Gasteiger partial charge in [-0.25, -0.2) is 9.78 Å². The molecular weight excluding hydrogens is 470 g/mol. The Labute approximate surface area is 215 Å². The molecule has 1 amide bonds. The smallest absolute Gasteiger partial charge is 0.330 e. The Morgan fingerprint density at radius 3 is 2.36 bits per heavy atom. The molecule has 1 fully saturated rings. The second-order valence-electron chi connectivity index (χ2n) is 10.8. The minimum absolute atomic E-state index is 0.00455. The van der Waals surface area contributed by atoms with Gasteiger partial charge in [0.15, 0.2) is 5.65 Å². The van der Waals surface area contributed by atoms with Gasteiger partial charge in [0.1, 0.15) is 0 Å². The van der Waals surface area contributed by atoms with Crippen molar-refractivity contribution in [2.45, 2.75) is 33.7 Å². The van der Waals surface area contributed by atoms with E-state index in [1.807, 2.05) is 38.4 Å². The molecular formula is C28H33N5O2S. The zero-order chi connectivity index (χ0) is 25.4. The molecule has 0 aliphatic carbocycles. The maximum absolute atomic E-state index is 12.8. The number of anilines is 1. The Kier molecular flexibility index (Phi) is 6.47. The van der Waals surface area contributed by atoms with Crippen LogP contribution in [0.4, 0.5) is 5.69 Å². The van der Waals surface area contributed by atoms with E-state index in [4.69, 9.17) is 4.98 Å². The molecule has 188 valence electrons. The maximum Gasteiger partial charge on any atom is 0.330 e. The Morgan fingerprint density at radius 2 is 1.72 bits per heavy atom. The van der Waals surface area contributed by atoms with Gasteiger partial charge in [-0.15, -0.1) is 0 Å². The van der Waals surface area contributed by atoms with Gasteiger partial charge >= 0.3 is 5.69 Å². The van der Waals surface area contributed by atoms with E-state index in [1.54, 1.807) is 23.0 Å². The number of rotatable bonds is 5. The zero-order valence-electron chi connectivity index (χ0n) is 21.4. The predicted molar refractivity (Wildman–Crippen MR) is 147 cm³/mol. The summed E-state index contributed by atoms with van der Waals surface area (Å²) in [5, 5.41) is 4.06. The largest absolute Gasteiger partial charge is 0.368 e. The van der Waals surface area contributed by atoms with Crippen molar-refractivity contribution in [1.82, 2.24) is 19.0 Å². The lowest BCUT2D eigenvalue weighted by molar-refractivity contribution is -0.130. The van der Waals surface area contributed by atoms with E-state index < -0.39 is 0 Å². The van der Waals surface area contributed by atoms with E-state index in [9.17, 15) is 9.59 Å². The van der Waals surface area contributed by atoms with E-state index in [1.165, 1.54) is 0 Å². The molecule has 8 heteroatoms. The SMILES string of the molecule is Cn1c(=O)n(CC(C)(C)C)c2ccc(-c3ccc(N4CCN(C(=O)Cc5ccsc5)CC4)cc3)nc21. The molecule has 0 unspecified atom stereocenters. The lowest BCUT2D eigenvalue weighted by atomic mass is 9.97. The van der Waals surface area contributed by atoms with Crippen LogP contribution in [0, 0.1) is 5.41 Å².